The summed E-state index contributed by atoms with van der Waals surface area (Å²) < 4.78 is 36.5. The molecule has 1 aliphatic rings. The summed E-state index contributed by atoms with van der Waals surface area (Å²) in [7, 11) is 0. The van der Waals surface area contributed by atoms with Gasteiger partial charge in [0.2, 0.25) is 0 Å². The number of alkyl halides is 3. The summed E-state index contributed by atoms with van der Waals surface area (Å²) in [5.74, 6) is 0. The van der Waals surface area contributed by atoms with Crippen LogP contribution in [0.3, 0.4) is 0 Å². The zero-order valence-electron chi connectivity index (χ0n) is 11.2. The molecule has 0 unspecified atom stereocenters. The van der Waals surface area contributed by atoms with E-state index in [-0.39, 0.29) is 0 Å². The molecule has 0 atom stereocenters. The number of carbonyl (C=O) groups is 1. The highest BCUT2D eigenvalue weighted by atomic mass is 19.4. The number of nitrogens with one attached hydrogen (secondary N) is 1. The maximum absolute atomic E-state index is 12.2. The van der Waals surface area contributed by atoms with Gasteiger partial charge in [0.25, 0.3) is 0 Å². The van der Waals surface area contributed by atoms with E-state index in [0.717, 1.165) is 25.7 Å². The number of nitrogens with two attached hydrogens (primary N) is 1. The molecule has 0 saturated heterocycles. The molecule has 7 heteroatoms. The number of urea groups is 1. The zero-order valence-corrected chi connectivity index (χ0v) is 11.2. The summed E-state index contributed by atoms with van der Waals surface area (Å²) in [5, 5.41) is 1.95. The third-order valence-electron chi connectivity index (χ3n) is 3.62. The predicted octanol–water partition coefficient (Wildman–Crippen LogP) is 2.24. The second-order valence-corrected chi connectivity index (χ2v) is 5.06. The first kappa shape index (κ1) is 16.1. The molecule has 19 heavy (non-hydrogen) atoms. The highest BCUT2D eigenvalue weighted by Gasteiger charge is 2.41. The Labute approximate surface area is 111 Å². The Morgan fingerprint density at radius 1 is 1.37 bits per heavy atom. The second-order valence-electron chi connectivity index (χ2n) is 5.06. The minimum Gasteiger partial charge on any atom is -0.329 e. The van der Waals surface area contributed by atoms with Crippen LogP contribution in [0.15, 0.2) is 0 Å². The summed E-state index contributed by atoms with van der Waals surface area (Å²) in [5.41, 5.74) is 5.31. The zero-order chi connectivity index (χ0) is 14.5. The number of hydrogen-bond acceptors (Lipinski definition) is 2. The molecule has 4 nitrogen and oxygen atoms in total. The Balaban J connectivity index is 2.73. The maximum Gasteiger partial charge on any atom is 0.405 e. The fourth-order valence-corrected chi connectivity index (χ4v) is 2.67. The lowest BCUT2D eigenvalue weighted by Crippen LogP contribution is -2.58. The average molecular weight is 281 g/mol. The molecule has 0 bridgehead atoms. The number of nitrogens with zero attached hydrogens (tertiary/aromatic N) is 1. The lowest BCUT2D eigenvalue weighted by molar-refractivity contribution is -0.123. The van der Waals surface area contributed by atoms with Crippen LogP contribution < -0.4 is 11.1 Å². The van der Waals surface area contributed by atoms with E-state index in [0.29, 0.717) is 19.5 Å². The topological polar surface area (TPSA) is 58.4 Å². The van der Waals surface area contributed by atoms with E-state index >= 15 is 0 Å². The normalized spacial score (nSPS) is 18.4. The minimum absolute atomic E-state index is 0.298. The van der Waals surface area contributed by atoms with Crippen molar-refractivity contribution in [3.8, 4) is 0 Å². The van der Waals surface area contributed by atoms with E-state index < -0.39 is 24.3 Å². The molecule has 1 saturated carbocycles. The van der Waals surface area contributed by atoms with Gasteiger partial charge in [-0.25, -0.2) is 4.79 Å². The van der Waals surface area contributed by atoms with E-state index in [1.165, 1.54) is 4.90 Å². The smallest absolute Gasteiger partial charge is 0.329 e. The molecule has 0 aromatic rings. The van der Waals surface area contributed by atoms with Crippen molar-refractivity contribution in [3.05, 3.63) is 0 Å². The highest BCUT2D eigenvalue weighted by molar-refractivity contribution is 5.75. The van der Waals surface area contributed by atoms with Gasteiger partial charge in [-0.3, -0.25) is 0 Å². The molecule has 3 N–H and O–H groups in total. The van der Waals surface area contributed by atoms with Crippen LogP contribution in [-0.2, 0) is 0 Å². The van der Waals surface area contributed by atoms with Gasteiger partial charge in [0, 0.05) is 13.1 Å². The van der Waals surface area contributed by atoms with Gasteiger partial charge in [0.1, 0.15) is 6.54 Å². The van der Waals surface area contributed by atoms with Crippen LogP contribution in [0, 0.1) is 0 Å². The summed E-state index contributed by atoms with van der Waals surface area (Å²) >= 11 is 0. The maximum atomic E-state index is 12.2. The van der Waals surface area contributed by atoms with E-state index in [4.69, 9.17) is 5.73 Å². The quantitative estimate of drug-likeness (QED) is 0.812. The lowest BCUT2D eigenvalue weighted by Gasteiger charge is -2.40. The van der Waals surface area contributed by atoms with Crippen molar-refractivity contribution >= 4 is 6.03 Å². The van der Waals surface area contributed by atoms with E-state index in [2.05, 4.69) is 0 Å². The van der Waals surface area contributed by atoms with Crippen LogP contribution in [0.2, 0.25) is 0 Å². The minimum atomic E-state index is -4.39. The molecule has 0 heterocycles. The fraction of sp³-hybridized carbons (Fsp3) is 0.917. The Hall–Kier alpha value is -0.980. The lowest BCUT2D eigenvalue weighted by atomic mass is 9.95. The van der Waals surface area contributed by atoms with Gasteiger partial charge in [-0.15, -0.1) is 0 Å². The summed E-state index contributed by atoms with van der Waals surface area (Å²) in [6.45, 7) is 1.32. The predicted molar refractivity (Wildman–Crippen MR) is 66.7 cm³/mol. The molecule has 0 aliphatic heterocycles. The molecule has 112 valence electrons. The van der Waals surface area contributed by atoms with Gasteiger partial charge >= 0.3 is 12.2 Å². The highest BCUT2D eigenvalue weighted by Crippen LogP contribution is 2.34. The first-order chi connectivity index (χ1) is 8.84. The van der Waals surface area contributed by atoms with Crippen molar-refractivity contribution in [2.75, 3.05) is 19.6 Å². The van der Waals surface area contributed by atoms with Gasteiger partial charge in [-0.2, -0.15) is 13.2 Å². The molecule has 2 amide bonds. The van der Waals surface area contributed by atoms with Crippen molar-refractivity contribution in [1.82, 2.24) is 10.2 Å². The number of hydrogen-bond donors (Lipinski definition) is 2. The van der Waals surface area contributed by atoms with Crippen molar-refractivity contribution < 1.29 is 18.0 Å². The Morgan fingerprint density at radius 2 is 1.95 bits per heavy atom. The van der Waals surface area contributed by atoms with Crippen molar-refractivity contribution in [1.29, 1.82) is 0 Å². The van der Waals surface area contributed by atoms with E-state index in [9.17, 15) is 18.0 Å². The third kappa shape index (κ3) is 4.26. The molecule has 0 aromatic carbocycles. The first-order valence-electron chi connectivity index (χ1n) is 6.67. The molecule has 1 fully saturated rings. The molecular weight excluding hydrogens is 259 g/mol. The van der Waals surface area contributed by atoms with Gasteiger partial charge in [0.15, 0.2) is 0 Å². The van der Waals surface area contributed by atoms with Crippen molar-refractivity contribution in [2.45, 2.75) is 50.7 Å². The number of carbonyl (C=O) groups excluding carboxylic acids is 1. The fourth-order valence-electron chi connectivity index (χ4n) is 2.67. The number of halogens is 3. The van der Waals surface area contributed by atoms with Crippen LogP contribution in [0.1, 0.15) is 39.0 Å². The van der Waals surface area contributed by atoms with Crippen molar-refractivity contribution in [2.24, 2.45) is 5.73 Å². The molecule has 0 aromatic heterocycles. The monoisotopic (exact) mass is 281 g/mol. The van der Waals surface area contributed by atoms with Crippen LogP contribution in [0.5, 0.6) is 0 Å². The number of amides is 2. The van der Waals surface area contributed by atoms with Crippen LogP contribution in [0.4, 0.5) is 18.0 Å². The average Bonchev–Trinajstić information content (AvgIpc) is 2.82. The van der Waals surface area contributed by atoms with Crippen LogP contribution in [0.25, 0.3) is 0 Å². The van der Waals surface area contributed by atoms with E-state index in [1.807, 2.05) is 12.2 Å². The molecule has 0 spiro atoms. The second kappa shape index (κ2) is 6.45. The molecular formula is C12H22F3N3O. The third-order valence-corrected chi connectivity index (χ3v) is 3.62. The van der Waals surface area contributed by atoms with Gasteiger partial charge in [0.05, 0.1) is 5.54 Å². The van der Waals surface area contributed by atoms with Crippen molar-refractivity contribution in [3.63, 3.8) is 0 Å². The SMILES string of the molecule is CCCN(C(=O)NCC(F)(F)F)C1(CN)CCCC1. The molecule has 0 radical (unpaired) electrons. The van der Waals surface area contributed by atoms with Gasteiger partial charge < -0.3 is 16.0 Å². The summed E-state index contributed by atoms with van der Waals surface area (Å²) in [6.07, 6.45) is -0.236. The largest absolute Gasteiger partial charge is 0.405 e. The molecule has 1 aliphatic carbocycles. The van der Waals surface area contributed by atoms with E-state index in [1.54, 1.807) is 0 Å². The Morgan fingerprint density at radius 3 is 2.37 bits per heavy atom. The summed E-state index contributed by atoms with van der Waals surface area (Å²) in [6, 6.07) is -0.661. The van der Waals surface area contributed by atoms with Gasteiger partial charge in [-0.05, 0) is 19.3 Å². The summed E-state index contributed by atoms with van der Waals surface area (Å²) in [4.78, 5) is 13.5. The molecule has 1 rings (SSSR count). The Kier molecular flexibility index (Phi) is 5.46. The van der Waals surface area contributed by atoms with Crippen LogP contribution in [-0.4, -0.2) is 42.3 Å². The number of rotatable bonds is 5. The van der Waals surface area contributed by atoms with Crippen LogP contribution >= 0.6 is 0 Å². The first-order valence-corrected chi connectivity index (χ1v) is 6.67. The standard InChI is InChI=1S/C12H22F3N3O/c1-2-7-18(10(19)17-9-12(13,14)15)11(8-16)5-3-4-6-11/h2-9,16H2,1H3,(H,17,19). The Bertz CT molecular complexity index is 301. The van der Waals surface area contributed by atoms with Gasteiger partial charge in [-0.1, -0.05) is 19.8 Å².